The minimum absolute atomic E-state index is 0.109. The van der Waals surface area contributed by atoms with Crippen molar-refractivity contribution < 1.29 is 14.3 Å². The molecule has 0 saturated carbocycles. The number of carbonyl (C=O) groups excluding carboxylic acids is 1. The lowest BCUT2D eigenvalue weighted by atomic mass is 10.1. The van der Waals surface area contributed by atoms with Crippen molar-refractivity contribution in [3.05, 3.63) is 34.5 Å². The molecule has 3 nitrogen and oxygen atoms in total. The van der Waals surface area contributed by atoms with Crippen LogP contribution in [0.1, 0.15) is 29.1 Å². The van der Waals surface area contributed by atoms with Gasteiger partial charge in [-0.1, -0.05) is 19.9 Å². The summed E-state index contributed by atoms with van der Waals surface area (Å²) >= 11 is 1.28. The summed E-state index contributed by atoms with van der Waals surface area (Å²) in [5, 5.41) is 12.6. The van der Waals surface area contributed by atoms with E-state index in [2.05, 4.69) is 5.32 Å². The number of nitrogens with one attached hydrogen (secondary N) is 1. The van der Waals surface area contributed by atoms with Gasteiger partial charge < -0.3 is 10.4 Å². The summed E-state index contributed by atoms with van der Waals surface area (Å²) in [7, 11) is 0. The van der Waals surface area contributed by atoms with Crippen molar-refractivity contribution in [2.75, 3.05) is 6.61 Å². The molecule has 0 aliphatic carbocycles. The Morgan fingerprint density at radius 2 is 2.15 bits per heavy atom. The monoisotopic (exact) mass is 295 g/mol. The van der Waals surface area contributed by atoms with E-state index in [9.17, 15) is 14.3 Å². The fourth-order valence-electron chi connectivity index (χ4n) is 2.13. The number of halogens is 1. The topological polar surface area (TPSA) is 49.3 Å². The third kappa shape index (κ3) is 2.69. The first-order valence-corrected chi connectivity index (χ1v) is 7.36. The van der Waals surface area contributed by atoms with Gasteiger partial charge >= 0.3 is 0 Å². The first kappa shape index (κ1) is 14.9. The highest BCUT2D eigenvalue weighted by atomic mass is 32.1. The third-order valence-corrected chi connectivity index (χ3v) is 4.68. The smallest absolute Gasteiger partial charge is 0.261 e. The van der Waals surface area contributed by atoms with Crippen LogP contribution in [0.15, 0.2) is 18.2 Å². The van der Waals surface area contributed by atoms with E-state index in [0.717, 1.165) is 4.70 Å². The molecule has 5 heteroatoms. The normalized spacial score (nSPS) is 12.9. The second-order valence-corrected chi connectivity index (χ2v) is 6.23. The van der Waals surface area contributed by atoms with Crippen LogP contribution in [0, 0.1) is 18.7 Å². The molecule has 108 valence electrons. The summed E-state index contributed by atoms with van der Waals surface area (Å²) in [6.07, 6.45) is 0. The molecule has 0 saturated heterocycles. The summed E-state index contributed by atoms with van der Waals surface area (Å²) in [4.78, 5) is 12.8. The number of thiophene rings is 1. The predicted octanol–water partition coefficient (Wildman–Crippen LogP) is 3.10. The van der Waals surface area contributed by atoms with Crippen molar-refractivity contribution in [1.82, 2.24) is 5.32 Å². The Balaban J connectivity index is 2.36. The number of rotatable bonds is 4. The first-order chi connectivity index (χ1) is 9.45. The highest BCUT2D eigenvalue weighted by Gasteiger charge is 2.21. The largest absolute Gasteiger partial charge is 0.394 e. The highest BCUT2D eigenvalue weighted by Crippen LogP contribution is 2.32. The Labute approximate surface area is 121 Å². The van der Waals surface area contributed by atoms with Crippen LogP contribution in [0.4, 0.5) is 4.39 Å². The zero-order valence-corrected chi connectivity index (χ0v) is 12.6. The van der Waals surface area contributed by atoms with Crippen LogP contribution in [0.2, 0.25) is 0 Å². The maximum absolute atomic E-state index is 13.8. The summed E-state index contributed by atoms with van der Waals surface area (Å²) in [6, 6.07) is 4.55. The van der Waals surface area contributed by atoms with Gasteiger partial charge in [0.05, 0.1) is 17.5 Å². The minimum atomic E-state index is -0.308. The Morgan fingerprint density at radius 3 is 2.70 bits per heavy atom. The average Bonchev–Trinajstić information content (AvgIpc) is 2.74. The Kier molecular flexibility index (Phi) is 4.40. The SMILES string of the molecule is Cc1c(C(=O)NC(CO)C(C)C)sc2cccc(F)c12. The molecule has 0 fully saturated rings. The van der Waals surface area contributed by atoms with Crippen molar-refractivity contribution in [3.63, 3.8) is 0 Å². The Morgan fingerprint density at radius 1 is 1.45 bits per heavy atom. The number of hydrogen-bond donors (Lipinski definition) is 2. The molecule has 1 atom stereocenters. The molecule has 2 rings (SSSR count). The van der Waals surface area contributed by atoms with Crippen molar-refractivity contribution >= 4 is 27.3 Å². The molecule has 2 aromatic rings. The van der Waals surface area contributed by atoms with E-state index in [4.69, 9.17) is 0 Å². The molecule has 0 radical (unpaired) electrons. The van der Waals surface area contributed by atoms with Gasteiger partial charge in [-0.15, -0.1) is 11.3 Å². The van der Waals surface area contributed by atoms with Crippen molar-refractivity contribution in [1.29, 1.82) is 0 Å². The number of carbonyl (C=O) groups is 1. The molecular weight excluding hydrogens is 277 g/mol. The lowest BCUT2D eigenvalue weighted by molar-refractivity contribution is 0.0900. The van der Waals surface area contributed by atoms with Gasteiger partial charge in [-0.2, -0.15) is 0 Å². The Bertz CT molecular complexity index is 636. The zero-order chi connectivity index (χ0) is 14.9. The molecule has 0 spiro atoms. The van der Waals surface area contributed by atoms with Crippen LogP contribution in [-0.4, -0.2) is 23.7 Å². The molecule has 1 aromatic carbocycles. The maximum atomic E-state index is 13.8. The van der Waals surface area contributed by atoms with Crippen LogP contribution < -0.4 is 5.32 Å². The molecule has 1 aromatic heterocycles. The van der Waals surface area contributed by atoms with Crippen LogP contribution in [-0.2, 0) is 0 Å². The van der Waals surface area contributed by atoms with Crippen LogP contribution >= 0.6 is 11.3 Å². The maximum Gasteiger partial charge on any atom is 0.261 e. The van der Waals surface area contributed by atoms with Crippen molar-refractivity contribution in [2.45, 2.75) is 26.8 Å². The molecule has 0 aliphatic rings. The van der Waals surface area contributed by atoms with E-state index >= 15 is 0 Å². The zero-order valence-electron chi connectivity index (χ0n) is 11.7. The summed E-state index contributed by atoms with van der Waals surface area (Å²) in [5.74, 6) is -0.427. The van der Waals surface area contributed by atoms with Gasteiger partial charge in [0.2, 0.25) is 0 Å². The molecule has 0 aliphatic heterocycles. The van der Waals surface area contributed by atoms with Crippen LogP contribution in [0.5, 0.6) is 0 Å². The van der Waals surface area contributed by atoms with E-state index < -0.39 is 0 Å². The number of aliphatic hydroxyl groups excluding tert-OH is 1. The fraction of sp³-hybridized carbons (Fsp3) is 0.400. The summed E-state index contributed by atoms with van der Waals surface area (Å²) < 4.78 is 14.6. The predicted molar refractivity (Wildman–Crippen MR) is 79.7 cm³/mol. The average molecular weight is 295 g/mol. The molecule has 1 unspecified atom stereocenters. The number of benzene rings is 1. The number of aliphatic hydroxyl groups is 1. The second kappa shape index (κ2) is 5.89. The van der Waals surface area contributed by atoms with Gasteiger partial charge in [0.15, 0.2) is 0 Å². The lowest BCUT2D eigenvalue weighted by Crippen LogP contribution is -2.41. The molecular formula is C15H18FNO2S. The third-order valence-electron chi connectivity index (χ3n) is 3.43. The molecule has 20 heavy (non-hydrogen) atoms. The number of fused-ring (bicyclic) bond motifs is 1. The molecule has 1 heterocycles. The lowest BCUT2D eigenvalue weighted by Gasteiger charge is -2.19. The summed E-state index contributed by atoms with van der Waals surface area (Å²) in [5.41, 5.74) is 0.654. The van der Waals surface area contributed by atoms with Crippen molar-refractivity contribution in [2.24, 2.45) is 5.92 Å². The first-order valence-electron chi connectivity index (χ1n) is 6.55. The minimum Gasteiger partial charge on any atom is -0.394 e. The number of hydrogen-bond acceptors (Lipinski definition) is 3. The van der Waals surface area contributed by atoms with E-state index in [-0.39, 0.29) is 30.3 Å². The highest BCUT2D eigenvalue weighted by molar-refractivity contribution is 7.21. The standard InChI is InChI=1S/C15H18FNO2S/c1-8(2)11(7-18)17-15(19)14-9(3)13-10(16)5-4-6-12(13)20-14/h4-6,8,11,18H,7H2,1-3H3,(H,17,19). The van der Waals surface area contributed by atoms with Gasteiger partial charge in [-0.3, -0.25) is 4.79 Å². The van der Waals surface area contributed by atoms with Crippen molar-refractivity contribution in [3.8, 4) is 0 Å². The Hall–Kier alpha value is -1.46. The molecule has 1 amide bonds. The van der Waals surface area contributed by atoms with Gasteiger partial charge in [0.1, 0.15) is 5.82 Å². The van der Waals surface area contributed by atoms with Gasteiger partial charge in [-0.25, -0.2) is 4.39 Å². The van der Waals surface area contributed by atoms with Gasteiger partial charge in [0.25, 0.3) is 5.91 Å². The van der Waals surface area contributed by atoms with Crippen LogP contribution in [0.3, 0.4) is 0 Å². The molecule has 2 N–H and O–H groups in total. The van der Waals surface area contributed by atoms with E-state index in [1.807, 2.05) is 13.8 Å². The second-order valence-electron chi connectivity index (χ2n) is 5.18. The van der Waals surface area contributed by atoms with E-state index in [0.29, 0.717) is 15.8 Å². The van der Waals surface area contributed by atoms with Gasteiger partial charge in [0, 0.05) is 10.1 Å². The number of aryl methyl sites for hydroxylation is 1. The van der Waals surface area contributed by atoms with Gasteiger partial charge in [-0.05, 0) is 30.5 Å². The molecule has 0 bridgehead atoms. The number of amides is 1. The van der Waals surface area contributed by atoms with Crippen LogP contribution in [0.25, 0.3) is 10.1 Å². The summed E-state index contributed by atoms with van der Waals surface area (Å²) in [6.45, 7) is 5.50. The quantitative estimate of drug-likeness (QED) is 0.910. The van der Waals surface area contributed by atoms with E-state index in [1.54, 1.807) is 19.1 Å². The fourth-order valence-corrected chi connectivity index (χ4v) is 3.25. The van der Waals surface area contributed by atoms with E-state index in [1.165, 1.54) is 17.4 Å².